The van der Waals surface area contributed by atoms with Crippen LogP contribution in [0.2, 0.25) is 0 Å². The Labute approximate surface area is 165 Å². The Hall–Kier alpha value is -2.48. The van der Waals surface area contributed by atoms with Gasteiger partial charge >= 0.3 is 0 Å². The maximum atomic E-state index is 4.82. The lowest BCUT2D eigenvalue weighted by Crippen LogP contribution is -2.58. The summed E-state index contributed by atoms with van der Waals surface area (Å²) in [6.45, 7) is 9.26. The number of aromatic nitrogens is 6. The predicted octanol–water partition coefficient (Wildman–Crippen LogP) is 2.27. The maximum Gasteiger partial charge on any atom is 0.178 e. The van der Waals surface area contributed by atoms with E-state index in [-0.39, 0.29) is 5.41 Å². The Kier molecular flexibility index (Phi) is 3.94. The van der Waals surface area contributed by atoms with Gasteiger partial charge in [-0.1, -0.05) is 20.8 Å². The molecule has 1 saturated carbocycles. The Balaban J connectivity index is 1.26. The minimum Gasteiger partial charge on any atom is -0.352 e. The summed E-state index contributed by atoms with van der Waals surface area (Å²) in [5.41, 5.74) is 0.710. The zero-order valence-corrected chi connectivity index (χ0v) is 17.1. The van der Waals surface area contributed by atoms with Crippen LogP contribution in [0.3, 0.4) is 0 Å². The van der Waals surface area contributed by atoms with Gasteiger partial charge in [0, 0.05) is 43.0 Å². The van der Waals surface area contributed by atoms with Gasteiger partial charge in [0.15, 0.2) is 11.5 Å². The van der Waals surface area contributed by atoms with Crippen molar-refractivity contribution in [2.45, 2.75) is 57.7 Å². The SMILES string of the molecule is CN(Cc1nccn1C1CC1)C1CN(c2ccc3nnc(C(C)(C)C)n3n2)C1. The van der Waals surface area contributed by atoms with Crippen LogP contribution in [0.25, 0.3) is 5.65 Å². The first-order chi connectivity index (χ1) is 13.4. The largest absolute Gasteiger partial charge is 0.352 e. The first kappa shape index (κ1) is 17.6. The number of fused-ring (bicyclic) bond motifs is 1. The number of nitrogens with zero attached hydrogens (tertiary/aromatic N) is 8. The molecule has 2 aliphatic rings. The first-order valence-corrected chi connectivity index (χ1v) is 10.1. The molecular weight excluding hydrogens is 352 g/mol. The highest BCUT2D eigenvalue weighted by atomic mass is 15.4. The second-order valence-electron chi connectivity index (χ2n) is 9.19. The van der Waals surface area contributed by atoms with Gasteiger partial charge in [0.1, 0.15) is 11.6 Å². The fourth-order valence-corrected chi connectivity index (χ4v) is 3.84. The minimum absolute atomic E-state index is 0.0911. The second kappa shape index (κ2) is 6.27. The first-order valence-electron chi connectivity index (χ1n) is 10.1. The summed E-state index contributed by atoms with van der Waals surface area (Å²) in [7, 11) is 2.20. The molecule has 3 aromatic heterocycles. The molecule has 4 heterocycles. The number of imidazole rings is 1. The van der Waals surface area contributed by atoms with Crippen LogP contribution in [-0.4, -0.2) is 60.4 Å². The molecule has 1 aliphatic carbocycles. The minimum atomic E-state index is -0.0911. The Morgan fingerprint density at radius 3 is 2.64 bits per heavy atom. The van der Waals surface area contributed by atoms with Crippen molar-refractivity contribution in [1.29, 1.82) is 0 Å². The monoisotopic (exact) mass is 380 g/mol. The van der Waals surface area contributed by atoms with Crippen molar-refractivity contribution in [3.05, 3.63) is 36.2 Å². The molecule has 28 heavy (non-hydrogen) atoms. The number of likely N-dealkylation sites (N-methyl/N-ethyl adjacent to an activating group) is 1. The van der Waals surface area contributed by atoms with E-state index in [1.165, 1.54) is 18.7 Å². The summed E-state index contributed by atoms with van der Waals surface area (Å²) in [5, 5.41) is 13.4. The van der Waals surface area contributed by atoms with E-state index in [2.05, 4.69) is 63.6 Å². The molecule has 1 saturated heterocycles. The van der Waals surface area contributed by atoms with Crippen molar-refractivity contribution in [3.8, 4) is 0 Å². The van der Waals surface area contributed by atoms with Crippen LogP contribution >= 0.6 is 0 Å². The van der Waals surface area contributed by atoms with E-state index in [0.717, 1.165) is 36.9 Å². The molecule has 8 heteroatoms. The van der Waals surface area contributed by atoms with E-state index in [4.69, 9.17) is 5.10 Å². The number of rotatable bonds is 5. The Morgan fingerprint density at radius 1 is 1.14 bits per heavy atom. The van der Waals surface area contributed by atoms with Crippen molar-refractivity contribution in [2.24, 2.45) is 0 Å². The summed E-state index contributed by atoms with van der Waals surface area (Å²) in [5.74, 6) is 3.06. The van der Waals surface area contributed by atoms with Gasteiger partial charge in [-0.25, -0.2) is 4.98 Å². The van der Waals surface area contributed by atoms with Gasteiger partial charge in [0.2, 0.25) is 0 Å². The summed E-state index contributed by atoms with van der Waals surface area (Å²) in [6.07, 6.45) is 6.63. The molecule has 8 nitrogen and oxygen atoms in total. The highest BCUT2D eigenvalue weighted by molar-refractivity contribution is 5.48. The molecule has 0 amide bonds. The van der Waals surface area contributed by atoms with Crippen molar-refractivity contribution in [1.82, 2.24) is 34.3 Å². The third-order valence-corrected chi connectivity index (χ3v) is 5.81. The molecule has 0 bridgehead atoms. The van der Waals surface area contributed by atoms with Crippen LogP contribution in [-0.2, 0) is 12.0 Å². The second-order valence-corrected chi connectivity index (χ2v) is 9.19. The van der Waals surface area contributed by atoms with Crippen molar-refractivity contribution >= 4 is 11.5 Å². The van der Waals surface area contributed by atoms with Gasteiger partial charge in [-0.3, -0.25) is 4.90 Å². The highest BCUT2D eigenvalue weighted by Gasteiger charge is 2.33. The van der Waals surface area contributed by atoms with E-state index in [1.807, 2.05) is 22.8 Å². The fraction of sp³-hybridized carbons (Fsp3) is 0.600. The smallest absolute Gasteiger partial charge is 0.178 e. The summed E-state index contributed by atoms with van der Waals surface area (Å²) in [6, 6.07) is 5.26. The quantitative estimate of drug-likeness (QED) is 0.676. The van der Waals surface area contributed by atoms with E-state index >= 15 is 0 Å². The topological polar surface area (TPSA) is 67.4 Å². The van der Waals surface area contributed by atoms with Gasteiger partial charge in [0.05, 0.1) is 6.54 Å². The predicted molar refractivity (Wildman–Crippen MR) is 107 cm³/mol. The maximum absolute atomic E-state index is 4.82. The van der Waals surface area contributed by atoms with Crippen molar-refractivity contribution in [3.63, 3.8) is 0 Å². The molecule has 0 unspecified atom stereocenters. The van der Waals surface area contributed by atoms with Gasteiger partial charge in [-0.05, 0) is 32.0 Å². The van der Waals surface area contributed by atoms with Crippen molar-refractivity contribution in [2.75, 3.05) is 25.0 Å². The molecule has 148 valence electrons. The molecule has 0 N–H and O–H groups in total. The lowest BCUT2D eigenvalue weighted by atomic mass is 9.96. The van der Waals surface area contributed by atoms with E-state index < -0.39 is 0 Å². The van der Waals surface area contributed by atoms with Crippen LogP contribution in [0, 0.1) is 0 Å². The molecule has 0 aromatic carbocycles. The number of hydrogen-bond donors (Lipinski definition) is 0. The van der Waals surface area contributed by atoms with Gasteiger partial charge in [0.25, 0.3) is 0 Å². The summed E-state index contributed by atoms with van der Waals surface area (Å²) in [4.78, 5) is 9.31. The Bertz CT molecular complexity index is 987. The molecular formula is C20H28N8. The van der Waals surface area contributed by atoms with Gasteiger partial charge in [-0.2, -0.15) is 4.52 Å². The molecule has 0 radical (unpaired) electrons. The molecule has 3 aromatic rings. The van der Waals surface area contributed by atoms with E-state index in [1.54, 1.807) is 0 Å². The lowest BCUT2D eigenvalue weighted by Gasteiger charge is -2.44. The average molecular weight is 381 g/mol. The fourth-order valence-electron chi connectivity index (χ4n) is 3.84. The van der Waals surface area contributed by atoms with Crippen LogP contribution in [0.5, 0.6) is 0 Å². The molecule has 1 aliphatic heterocycles. The summed E-state index contributed by atoms with van der Waals surface area (Å²) < 4.78 is 4.24. The molecule has 0 spiro atoms. The molecule has 5 rings (SSSR count). The molecule has 0 atom stereocenters. The lowest BCUT2D eigenvalue weighted by molar-refractivity contribution is 0.190. The Morgan fingerprint density at radius 2 is 1.93 bits per heavy atom. The zero-order chi connectivity index (χ0) is 19.5. The number of anilines is 1. The van der Waals surface area contributed by atoms with Gasteiger partial charge in [-0.15, -0.1) is 15.3 Å². The standard InChI is InChI=1S/C20H28N8/c1-20(2,3)19-23-22-16-7-8-17(24-28(16)19)26-11-15(12-26)25(4)13-18-21-9-10-27(18)14-5-6-14/h7-10,14-15H,5-6,11-13H2,1-4H3. The van der Waals surface area contributed by atoms with Crippen molar-refractivity contribution < 1.29 is 0 Å². The van der Waals surface area contributed by atoms with E-state index in [9.17, 15) is 0 Å². The third kappa shape index (κ3) is 3.05. The van der Waals surface area contributed by atoms with Crippen LogP contribution < -0.4 is 4.90 Å². The van der Waals surface area contributed by atoms with E-state index in [0.29, 0.717) is 12.1 Å². The van der Waals surface area contributed by atoms with Crippen LogP contribution in [0.15, 0.2) is 24.5 Å². The highest BCUT2D eigenvalue weighted by Crippen LogP contribution is 2.36. The van der Waals surface area contributed by atoms with Crippen LogP contribution in [0.1, 0.15) is 51.3 Å². The summed E-state index contributed by atoms with van der Waals surface area (Å²) >= 11 is 0. The average Bonchev–Trinajstić information content (AvgIpc) is 3.17. The van der Waals surface area contributed by atoms with Gasteiger partial charge < -0.3 is 9.47 Å². The number of hydrogen-bond acceptors (Lipinski definition) is 6. The normalized spacial score (nSPS) is 18.2. The third-order valence-electron chi connectivity index (χ3n) is 5.81. The zero-order valence-electron chi connectivity index (χ0n) is 17.1. The molecule has 2 fully saturated rings. The van der Waals surface area contributed by atoms with Crippen LogP contribution in [0.4, 0.5) is 5.82 Å².